The van der Waals surface area contributed by atoms with E-state index in [1.165, 1.54) is 31.6 Å². The molecule has 26 heavy (non-hydrogen) atoms. The summed E-state index contributed by atoms with van der Waals surface area (Å²) in [6.45, 7) is 9.49. The van der Waals surface area contributed by atoms with Crippen molar-refractivity contribution in [2.75, 3.05) is 50.7 Å². The molecule has 2 saturated heterocycles. The summed E-state index contributed by atoms with van der Waals surface area (Å²) in [6, 6.07) is 10.5. The highest BCUT2D eigenvalue weighted by molar-refractivity contribution is 5.73. The largest absolute Gasteiger partial charge is 0.371 e. The van der Waals surface area contributed by atoms with Gasteiger partial charge in [-0.1, -0.05) is 25.1 Å². The van der Waals surface area contributed by atoms with Crippen LogP contribution in [0.3, 0.4) is 0 Å². The molecule has 3 rings (SSSR count). The number of carbonyl (C=O) groups is 1. The first-order valence-corrected chi connectivity index (χ1v) is 10.2. The first kappa shape index (κ1) is 19.0. The molecule has 1 aromatic carbocycles. The van der Waals surface area contributed by atoms with Crippen LogP contribution in [0.4, 0.5) is 10.5 Å². The van der Waals surface area contributed by atoms with E-state index in [0.29, 0.717) is 5.92 Å². The molecule has 0 unspecified atom stereocenters. The topological polar surface area (TPSA) is 47.6 Å². The van der Waals surface area contributed by atoms with E-state index in [9.17, 15) is 4.79 Å². The Kier molecular flexibility index (Phi) is 7.18. The van der Waals surface area contributed by atoms with Crippen LogP contribution in [0.1, 0.15) is 32.6 Å². The van der Waals surface area contributed by atoms with Gasteiger partial charge in [-0.3, -0.25) is 0 Å². The van der Waals surface area contributed by atoms with E-state index in [4.69, 9.17) is 0 Å². The number of hydrogen-bond acceptors (Lipinski definition) is 3. The summed E-state index contributed by atoms with van der Waals surface area (Å²) in [4.78, 5) is 16.9. The van der Waals surface area contributed by atoms with Crippen LogP contribution >= 0.6 is 0 Å². The van der Waals surface area contributed by atoms with E-state index < -0.39 is 0 Å². The van der Waals surface area contributed by atoms with Crippen LogP contribution < -0.4 is 15.5 Å². The molecule has 2 amide bonds. The number of para-hydroxylation sites is 1. The van der Waals surface area contributed by atoms with Crippen molar-refractivity contribution < 1.29 is 4.79 Å². The Morgan fingerprint density at radius 3 is 2.77 bits per heavy atom. The third-order valence-corrected chi connectivity index (χ3v) is 5.64. The minimum Gasteiger partial charge on any atom is -0.371 e. The van der Waals surface area contributed by atoms with Gasteiger partial charge in [0.05, 0.1) is 0 Å². The molecule has 2 fully saturated rings. The summed E-state index contributed by atoms with van der Waals surface area (Å²) in [5.74, 6) is 1.36. The molecule has 0 saturated carbocycles. The van der Waals surface area contributed by atoms with Crippen molar-refractivity contribution in [3.8, 4) is 0 Å². The summed E-state index contributed by atoms with van der Waals surface area (Å²) < 4.78 is 0. The van der Waals surface area contributed by atoms with Crippen LogP contribution in [-0.4, -0.2) is 56.7 Å². The summed E-state index contributed by atoms with van der Waals surface area (Å²) in [5.41, 5.74) is 1.28. The highest BCUT2D eigenvalue weighted by atomic mass is 16.2. The third kappa shape index (κ3) is 5.90. The van der Waals surface area contributed by atoms with Gasteiger partial charge in [0, 0.05) is 38.4 Å². The highest BCUT2D eigenvalue weighted by Gasteiger charge is 2.23. The number of hydrogen-bond donors (Lipinski definition) is 2. The average Bonchev–Trinajstić information content (AvgIpc) is 3.13. The number of carbonyl (C=O) groups excluding carboxylic acids is 1. The molecule has 2 atom stereocenters. The quantitative estimate of drug-likeness (QED) is 0.737. The zero-order chi connectivity index (χ0) is 18.2. The molecule has 0 radical (unpaired) electrons. The molecule has 1 aromatic rings. The van der Waals surface area contributed by atoms with Crippen molar-refractivity contribution in [2.24, 2.45) is 11.8 Å². The second-order valence-electron chi connectivity index (χ2n) is 7.97. The molecular weight excluding hydrogens is 324 g/mol. The van der Waals surface area contributed by atoms with Crippen molar-refractivity contribution in [2.45, 2.75) is 32.6 Å². The van der Waals surface area contributed by atoms with Gasteiger partial charge in [0.15, 0.2) is 0 Å². The fourth-order valence-corrected chi connectivity index (χ4v) is 4.17. The Balaban J connectivity index is 1.25. The Morgan fingerprint density at radius 1 is 1.12 bits per heavy atom. The van der Waals surface area contributed by atoms with Gasteiger partial charge in [-0.25, -0.2) is 4.79 Å². The monoisotopic (exact) mass is 358 g/mol. The third-order valence-electron chi connectivity index (χ3n) is 5.64. The normalized spacial score (nSPS) is 23.8. The predicted octanol–water partition coefficient (Wildman–Crippen LogP) is 2.93. The molecule has 0 aliphatic carbocycles. The van der Waals surface area contributed by atoms with Crippen molar-refractivity contribution in [3.05, 3.63) is 30.3 Å². The van der Waals surface area contributed by atoms with Crippen molar-refractivity contribution in [1.29, 1.82) is 0 Å². The maximum absolute atomic E-state index is 12.0. The van der Waals surface area contributed by atoms with E-state index in [1.54, 1.807) is 0 Å². The lowest BCUT2D eigenvalue weighted by atomic mass is 10.0. The van der Waals surface area contributed by atoms with Gasteiger partial charge in [0.25, 0.3) is 0 Å². The van der Waals surface area contributed by atoms with E-state index in [0.717, 1.165) is 51.5 Å². The van der Waals surface area contributed by atoms with E-state index in [-0.39, 0.29) is 6.03 Å². The lowest BCUT2D eigenvalue weighted by Gasteiger charge is -2.30. The minimum absolute atomic E-state index is 0.0184. The van der Waals surface area contributed by atoms with Gasteiger partial charge < -0.3 is 20.4 Å². The van der Waals surface area contributed by atoms with Crippen LogP contribution in [0.15, 0.2) is 30.3 Å². The van der Waals surface area contributed by atoms with Gasteiger partial charge in [0.2, 0.25) is 0 Å². The van der Waals surface area contributed by atoms with Gasteiger partial charge in [-0.15, -0.1) is 0 Å². The number of amides is 2. The summed E-state index contributed by atoms with van der Waals surface area (Å²) in [6.07, 6.45) is 4.85. The maximum Gasteiger partial charge on any atom is 0.314 e. The lowest BCUT2D eigenvalue weighted by molar-refractivity contribution is 0.181. The molecule has 0 aromatic heterocycles. The maximum atomic E-state index is 12.0. The molecule has 0 bridgehead atoms. The van der Waals surface area contributed by atoms with E-state index in [2.05, 4.69) is 57.7 Å². The molecule has 144 valence electrons. The predicted molar refractivity (Wildman–Crippen MR) is 108 cm³/mol. The standard InChI is InChI=1S/C21H34N4O/c1-18-7-5-12-24(16-18)13-6-11-22-21(26)23-15-19-10-14-25(17-19)20-8-3-2-4-9-20/h2-4,8-9,18-19H,5-7,10-17H2,1H3,(H2,22,23,26)/t18-,19-/m1/s1. The minimum atomic E-state index is -0.0184. The SMILES string of the molecule is C[C@@H]1CCCN(CCCNC(=O)NC[C@H]2CCN(c3ccccc3)C2)C1. The molecule has 2 heterocycles. The number of urea groups is 1. The van der Waals surface area contributed by atoms with E-state index in [1.807, 2.05) is 0 Å². The number of benzene rings is 1. The Labute approximate surface area is 158 Å². The fourth-order valence-electron chi connectivity index (χ4n) is 4.17. The molecule has 5 nitrogen and oxygen atoms in total. The average molecular weight is 359 g/mol. The number of rotatable bonds is 7. The highest BCUT2D eigenvalue weighted by Crippen LogP contribution is 2.22. The molecule has 0 spiro atoms. The van der Waals surface area contributed by atoms with Crippen molar-refractivity contribution >= 4 is 11.7 Å². The Hall–Kier alpha value is -1.75. The Bertz CT molecular complexity index is 550. The first-order valence-electron chi connectivity index (χ1n) is 10.2. The summed E-state index contributed by atoms with van der Waals surface area (Å²) >= 11 is 0. The number of likely N-dealkylation sites (tertiary alicyclic amines) is 1. The number of nitrogens with zero attached hydrogens (tertiary/aromatic N) is 2. The number of anilines is 1. The molecular formula is C21H34N4O. The van der Waals surface area contributed by atoms with Crippen LogP contribution in [0.2, 0.25) is 0 Å². The van der Waals surface area contributed by atoms with Crippen LogP contribution in [0.25, 0.3) is 0 Å². The lowest BCUT2D eigenvalue weighted by Crippen LogP contribution is -2.40. The zero-order valence-corrected chi connectivity index (χ0v) is 16.1. The van der Waals surface area contributed by atoms with Crippen molar-refractivity contribution in [3.63, 3.8) is 0 Å². The molecule has 2 N–H and O–H groups in total. The fraction of sp³-hybridized carbons (Fsp3) is 0.667. The van der Waals surface area contributed by atoms with Crippen LogP contribution in [0, 0.1) is 11.8 Å². The van der Waals surface area contributed by atoms with Crippen LogP contribution in [0.5, 0.6) is 0 Å². The van der Waals surface area contributed by atoms with Gasteiger partial charge in [0.1, 0.15) is 0 Å². The zero-order valence-electron chi connectivity index (χ0n) is 16.1. The van der Waals surface area contributed by atoms with Gasteiger partial charge in [-0.2, -0.15) is 0 Å². The summed E-state index contributed by atoms with van der Waals surface area (Å²) in [7, 11) is 0. The van der Waals surface area contributed by atoms with E-state index >= 15 is 0 Å². The van der Waals surface area contributed by atoms with Crippen LogP contribution in [-0.2, 0) is 0 Å². The smallest absolute Gasteiger partial charge is 0.314 e. The number of nitrogens with one attached hydrogen (secondary N) is 2. The number of piperidine rings is 1. The van der Waals surface area contributed by atoms with Gasteiger partial charge >= 0.3 is 6.03 Å². The molecule has 2 aliphatic rings. The molecule has 5 heteroatoms. The van der Waals surface area contributed by atoms with Crippen molar-refractivity contribution in [1.82, 2.24) is 15.5 Å². The van der Waals surface area contributed by atoms with Gasteiger partial charge in [-0.05, 0) is 62.7 Å². The molecule has 2 aliphatic heterocycles. The first-order chi connectivity index (χ1) is 12.7. The second-order valence-corrected chi connectivity index (χ2v) is 7.97. The summed E-state index contributed by atoms with van der Waals surface area (Å²) in [5, 5.41) is 6.06. The second kappa shape index (κ2) is 9.81. The Morgan fingerprint density at radius 2 is 1.96 bits per heavy atom.